The molecule has 1 unspecified atom stereocenters. The van der Waals surface area contributed by atoms with Crippen LogP contribution in [0.3, 0.4) is 0 Å². The molecule has 1 aliphatic rings. The number of nitrogens with one attached hydrogen (secondary N) is 1. The van der Waals surface area contributed by atoms with Gasteiger partial charge >= 0.3 is 0 Å². The molecule has 1 aromatic rings. The first-order valence-electron chi connectivity index (χ1n) is 7.32. The maximum absolute atomic E-state index is 12.2. The van der Waals surface area contributed by atoms with E-state index in [9.17, 15) is 14.9 Å². The van der Waals surface area contributed by atoms with E-state index in [1.165, 1.54) is 25.0 Å². The highest BCUT2D eigenvalue weighted by Gasteiger charge is 2.17. The van der Waals surface area contributed by atoms with E-state index in [4.69, 9.17) is 0 Å². The number of hydrogen-bond acceptors (Lipinski definition) is 4. The molecule has 6 heteroatoms. The van der Waals surface area contributed by atoms with Crippen molar-refractivity contribution in [3.63, 3.8) is 0 Å². The molecule has 0 radical (unpaired) electrons. The molecule has 0 spiro atoms. The van der Waals surface area contributed by atoms with Crippen LogP contribution in [0.4, 0.5) is 11.4 Å². The third-order valence-corrected chi connectivity index (χ3v) is 3.94. The van der Waals surface area contributed by atoms with Crippen molar-refractivity contribution in [1.82, 2.24) is 5.32 Å². The lowest BCUT2D eigenvalue weighted by molar-refractivity contribution is -0.384. The minimum absolute atomic E-state index is 0.0333. The molecule has 0 aliphatic carbocycles. The van der Waals surface area contributed by atoms with Crippen LogP contribution in [0.1, 0.15) is 32.1 Å². The number of hydrogen-bond donors (Lipinski definition) is 1. The molecule has 114 valence electrons. The van der Waals surface area contributed by atoms with E-state index in [0.717, 1.165) is 19.4 Å². The van der Waals surface area contributed by atoms with Crippen LogP contribution in [0.5, 0.6) is 0 Å². The molecule has 1 aromatic carbocycles. The van der Waals surface area contributed by atoms with E-state index < -0.39 is 4.92 Å². The minimum atomic E-state index is -0.444. The predicted octanol–water partition coefficient (Wildman–Crippen LogP) is 2.48. The summed E-state index contributed by atoms with van der Waals surface area (Å²) in [6, 6.07) is 6.49. The minimum Gasteiger partial charge on any atom is -0.315 e. The number of rotatable bonds is 5. The van der Waals surface area contributed by atoms with E-state index in [2.05, 4.69) is 5.32 Å². The Labute approximate surface area is 124 Å². The Morgan fingerprint density at radius 2 is 2.10 bits per heavy atom. The summed E-state index contributed by atoms with van der Waals surface area (Å²) in [6.07, 6.45) is 4.91. The fourth-order valence-electron chi connectivity index (χ4n) is 2.58. The normalized spacial score (nSPS) is 18.2. The molecule has 2 rings (SSSR count). The quantitative estimate of drug-likeness (QED) is 0.668. The highest BCUT2D eigenvalue weighted by atomic mass is 16.6. The zero-order valence-electron chi connectivity index (χ0n) is 12.2. The van der Waals surface area contributed by atoms with Crippen LogP contribution in [0, 0.1) is 10.1 Å². The Hall–Kier alpha value is -1.95. The first-order chi connectivity index (χ1) is 10.1. The molecule has 0 aromatic heterocycles. The van der Waals surface area contributed by atoms with Crippen LogP contribution in [-0.4, -0.2) is 30.5 Å². The van der Waals surface area contributed by atoms with Crippen LogP contribution < -0.4 is 10.2 Å². The Balaban J connectivity index is 1.87. The van der Waals surface area contributed by atoms with Gasteiger partial charge in [-0.25, -0.2) is 0 Å². The van der Waals surface area contributed by atoms with Gasteiger partial charge < -0.3 is 10.2 Å². The van der Waals surface area contributed by atoms with Gasteiger partial charge in [-0.3, -0.25) is 14.9 Å². The number of amides is 1. The monoisotopic (exact) mass is 291 g/mol. The molecule has 1 fully saturated rings. The van der Waals surface area contributed by atoms with E-state index >= 15 is 0 Å². The van der Waals surface area contributed by atoms with Crippen LogP contribution >= 0.6 is 0 Å². The summed E-state index contributed by atoms with van der Waals surface area (Å²) < 4.78 is 0. The maximum Gasteiger partial charge on any atom is 0.269 e. The number of benzene rings is 1. The molecular formula is C15H21N3O3. The molecule has 1 atom stereocenters. The fourth-order valence-corrected chi connectivity index (χ4v) is 2.58. The predicted molar refractivity (Wildman–Crippen MR) is 81.4 cm³/mol. The number of piperidine rings is 1. The number of carbonyl (C=O) groups is 1. The van der Waals surface area contributed by atoms with Gasteiger partial charge in [-0.15, -0.1) is 0 Å². The largest absolute Gasteiger partial charge is 0.315 e. The Kier molecular flexibility index (Phi) is 5.27. The number of anilines is 1. The molecule has 21 heavy (non-hydrogen) atoms. The lowest BCUT2D eigenvalue weighted by atomic mass is 10.0. The van der Waals surface area contributed by atoms with Crippen molar-refractivity contribution in [2.24, 2.45) is 0 Å². The zero-order valence-corrected chi connectivity index (χ0v) is 12.2. The van der Waals surface area contributed by atoms with Gasteiger partial charge in [0.05, 0.1) is 4.92 Å². The van der Waals surface area contributed by atoms with Crippen molar-refractivity contribution < 1.29 is 9.72 Å². The number of nitrogens with zero attached hydrogens (tertiary/aromatic N) is 2. The molecule has 0 saturated carbocycles. The van der Waals surface area contributed by atoms with Gasteiger partial charge in [0.15, 0.2) is 0 Å². The standard InChI is InChI=1S/C15H21N3O3/c1-17(13-6-8-14(9-7-13)18(20)21)15(19)10-5-12-4-2-3-11-16-12/h6-9,12,16H,2-5,10-11H2,1H3. The first-order valence-corrected chi connectivity index (χ1v) is 7.32. The van der Waals surface area contributed by atoms with Crippen LogP contribution in [0.25, 0.3) is 0 Å². The van der Waals surface area contributed by atoms with Crippen molar-refractivity contribution in [3.8, 4) is 0 Å². The number of non-ortho nitro benzene ring substituents is 1. The third kappa shape index (κ3) is 4.26. The summed E-state index contributed by atoms with van der Waals surface area (Å²) >= 11 is 0. The van der Waals surface area contributed by atoms with Gasteiger partial charge in [-0.1, -0.05) is 6.42 Å². The highest BCUT2D eigenvalue weighted by molar-refractivity contribution is 5.92. The van der Waals surface area contributed by atoms with Gasteiger partial charge in [-0.2, -0.15) is 0 Å². The molecular weight excluding hydrogens is 270 g/mol. The van der Waals surface area contributed by atoms with E-state index in [1.807, 2.05) is 0 Å². The second-order valence-corrected chi connectivity index (χ2v) is 5.41. The molecule has 6 nitrogen and oxygen atoms in total. The molecule has 1 amide bonds. The zero-order chi connectivity index (χ0) is 15.2. The lowest BCUT2D eigenvalue weighted by Crippen LogP contribution is -2.35. The summed E-state index contributed by atoms with van der Waals surface area (Å²) in [4.78, 5) is 23.9. The average Bonchev–Trinajstić information content (AvgIpc) is 2.53. The summed E-state index contributed by atoms with van der Waals surface area (Å²) in [7, 11) is 1.71. The third-order valence-electron chi connectivity index (χ3n) is 3.94. The maximum atomic E-state index is 12.2. The second kappa shape index (κ2) is 7.17. The van der Waals surface area contributed by atoms with Crippen molar-refractivity contribution >= 4 is 17.3 Å². The van der Waals surface area contributed by atoms with Crippen LogP contribution in [0.2, 0.25) is 0 Å². The van der Waals surface area contributed by atoms with E-state index in [-0.39, 0.29) is 11.6 Å². The van der Waals surface area contributed by atoms with Crippen LogP contribution in [-0.2, 0) is 4.79 Å². The van der Waals surface area contributed by atoms with Crippen molar-refractivity contribution in [2.75, 3.05) is 18.5 Å². The molecule has 0 bridgehead atoms. The molecule has 1 aliphatic heterocycles. The van der Waals surface area contributed by atoms with Gasteiger partial charge in [0.1, 0.15) is 0 Å². The Bertz CT molecular complexity index is 495. The van der Waals surface area contributed by atoms with E-state index in [1.54, 1.807) is 24.1 Å². The summed E-state index contributed by atoms with van der Waals surface area (Å²) in [5.41, 5.74) is 0.716. The first kappa shape index (κ1) is 15.4. The highest BCUT2D eigenvalue weighted by Crippen LogP contribution is 2.20. The SMILES string of the molecule is CN(C(=O)CCC1CCCCN1)c1ccc([N+](=O)[O-])cc1. The Morgan fingerprint density at radius 1 is 1.38 bits per heavy atom. The number of nitro benzene ring substituents is 1. The fraction of sp³-hybridized carbons (Fsp3) is 0.533. The van der Waals surface area contributed by atoms with Crippen molar-refractivity contribution in [3.05, 3.63) is 34.4 Å². The second-order valence-electron chi connectivity index (χ2n) is 5.41. The summed E-state index contributed by atoms with van der Waals surface area (Å²) in [6.45, 7) is 1.04. The van der Waals surface area contributed by atoms with Crippen molar-refractivity contribution in [1.29, 1.82) is 0 Å². The molecule has 1 N–H and O–H groups in total. The number of carbonyl (C=O) groups excluding carboxylic acids is 1. The molecule has 1 heterocycles. The Morgan fingerprint density at radius 3 is 2.67 bits per heavy atom. The summed E-state index contributed by atoms with van der Waals surface area (Å²) in [5, 5.41) is 14.0. The van der Waals surface area contributed by atoms with Gasteiger partial charge in [0.2, 0.25) is 5.91 Å². The van der Waals surface area contributed by atoms with Gasteiger partial charge in [-0.05, 0) is 37.9 Å². The number of nitro groups is 1. The van der Waals surface area contributed by atoms with Gasteiger partial charge in [0.25, 0.3) is 5.69 Å². The smallest absolute Gasteiger partial charge is 0.269 e. The van der Waals surface area contributed by atoms with Crippen molar-refractivity contribution in [2.45, 2.75) is 38.1 Å². The van der Waals surface area contributed by atoms with Gasteiger partial charge in [0, 0.05) is 37.3 Å². The topological polar surface area (TPSA) is 75.5 Å². The average molecular weight is 291 g/mol. The molecule has 1 saturated heterocycles. The van der Waals surface area contributed by atoms with E-state index in [0.29, 0.717) is 18.2 Å². The summed E-state index contributed by atoms with van der Waals surface area (Å²) in [5.74, 6) is 0.0382. The lowest BCUT2D eigenvalue weighted by Gasteiger charge is -2.24. The van der Waals surface area contributed by atoms with Crippen LogP contribution in [0.15, 0.2) is 24.3 Å².